The standard InChI is InChI=1S/C18H25NO2/c1-3-4-5-13-18(21)19(2)15-17-12-7-6-10-16(17)11-8-9-14-20/h6-7,10,12,20H,3-5,9,13-15H2,1-2H3. The molecule has 0 aliphatic rings. The van der Waals surface area contributed by atoms with Crippen LogP contribution in [0.3, 0.4) is 0 Å². The molecule has 0 aromatic heterocycles. The van der Waals surface area contributed by atoms with Crippen molar-refractivity contribution in [1.29, 1.82) is 0 Å². The Balaban J connectivity index is 2.65. The molecule has 0 saturated carbocycles. The minimum Gasteiger partial charge on any atom is -0.395 e. The molecule has 1 N–H and O–H groups in total. The third kappa shape index (κ3) is 6.46. The Bertz CT molecular complexity index is 499. The molecule has 1 rings (SSSR count). The Hall–Kier alpha value is -1.79. The highest BCUT2D eigenvalue weighted by atomic mass is 16.2. The lowest BCUT2D eigenvalue weighted by Crippen LogP contribution is -2.26. The summed E-state index contributed by atoms with van der Waals surface area (Å²) < 4.78 is 0. The van der Waals surface area contributed by atoms with Crippen molar-refractivity contribution in [3.05, 3.63) is 35.4 Å². The van der Waals surface area contributed by atoms with Crippen LogP contribution in [0, 0.1) is 11.8 Å². The van der Waals surface area contributed by atoms with Gasteiger partial charge in [-0.15, -0.1) is 0 Å². The number of carbonyl (C=O) groups is 1. The van der Waals surface area contributed by atoms with Crippen LogP contribution >= 0.6 is 0 Å². The molecule has 0 saturated heterocycles. The summed E-state index contributed by atoms with van der Waals surface area (Å²) in [5, 5.41) is 8.78. The number of amides is 1. The molecule has 1 aromatic rings. The van der Waals surface area contributed by atoms with Gasteiger partial charge in [0.25, 0.3) is 0 Å². The average Bonchev–Trinajstić information content (AvgIpc) is 2.49. The number of benzene rings is 1. The zero-order valence-corrected chi connectivity index (χ0v) is 13.1. The predicted molar refractivity (Wildman–Crippen MR) is 85.6 cm³/mol. The Labute approximate surface area is 128 Å². The SMILES string of the molecule is CCCCCC(=O)N(C)Cc1ccccc1C#CCCO. The van der Waals surface area contributed by atoms with Crippen LogP contribution in [-0.2, 0) is 11.3 Å². The highest BCUT2D eigenvalue weighted by molar-refractivity contribution is 5.75. The van der Waals surface area contributed by atoms with E-state index in [4.69, 9.17) is 5.11 Å². The molecular weight excluding hydrogens is 262 g/mol. The van der Waals surface area contributed by atoms with Gasteiger partial charge in [0.1, 0.15) is 0 Å². The monoisotopic (exact) mass is 287 g/mol. The maximum absolute atomic E-state index is 12.1. The molecule has 3 heteroatoms. The number of hydrogen-bond acceptors (Lipinski definition) is 2. The zero-order valence-electron chi connectivity index (χ0n) is 13.1. The first-order valence-electron chi connectivity index (χ1n) is 7.60. The second-order valence-corrected chi connectivity index (χ2v) is 5.14. The molecule has 0 spiro atoms. The van der Waals surface area contributed by atoms with Crippen molar-refractivity contribution < 1.29 is 9.90 Å². The van der Waals surface area contributed by atoms with Crippen LogP contribution in [0.15, 0.2) is 24.3 Å². The van der Waals surface area contributed by atoms with Crippen molar-refractivity contribution in [3.63, 3.8) is 0 Å². The summed E-state index contributed by atoms with van der Waals surface area (Å²) in [7, 11) is 1.84. The van der Waals surface area contributed by atoms with Crippen LogP contribution < -0.4 is 0 Å². The van der Waals surface area contributed by atoms with Gasteiger partial charge in [-0.2, -0.15) is 0 Å². The summed E-state index contributed by atoms with van der Waals surface area (Å²) >= 11 is 0. The maximum atomic E-state index is 12.1. The number of aliphatic hydroxyl groups is 1. The molecule has 0 aliphatic carbocycles. The van der Waals surface area contributed by atoms with Gasteiger partial charge in [-0.3, -0.25) is 4.79 Å². The second kappa shape index (κ2) is 10.0. The summed E-state index contributed by atoms with van der Waals surface area (Å²) in [6.45, 7) is 2.79. The van der Waals surface area contributed by atoms with Crippen molar-refractivity contribution in [2.24, 2.45) is 0 Å². The topological polar surface area (TPSA) is 40.5 Å². The fourth-order valence-electron chi connectivity index (χ4n) is 2.05. The molecular formula is C18H25NO2. The van der Waals surface area contributed by atoms with Gasteiger partial charge < -0.3 is 10.0 Å². The number of aliphatic hydroxyl groups excluding tert-OH is 1. The minimum absolute atomic E-state index is 0.0744. The highest BCUT2D eigenvalue weighted by Crippen LogP contribution is 2.11. The van der Waals surface area contributed by atoms with Gasteiger partial charge in [0, 0.05) is 32.0 Å². The van der Waals surface area contributed by atoms with Crippen LogP contribution in [0.25, 0.3) is 0 Å². The first-order valence-corrected chi connectivity index (χ1v) is 7.60. The molecule has 0 fully saturated rings. The number of nitrogens with zero attached hydrogens (tertiary/aromatic N) is 1. The van der Waals surface area contributed by atoms with Crippen LogP contribution in [0.2, 0.25) is 0 Å². The molecule has 21 heavy (non-hydrogen) atoms. The van der Waals surface area contributed by atoms with Gasteiger partial charge in [0.15, 0.2) is 0 Å². The van der Waals surface area contributed by atoms with Crippen molar-refractivity contribution in [1.82, 2.24) is 4.90 Å². The maximum Gasteiger partial charge on any atom is 0.222 e. The third-order valence-corrected chi connectivity index (χ3v) is 3.30. The van der Waals surface area contributed by atoms with Crippen LogP contribution in [0.5, 0.6) is 0 Å². The van der Waals surface area contributed by atoms with Crippen molar-refractivity contribution in [2.45, 2.75) is 45.6 Å². The van der Waals surface area contributed by atoms with E-state index >= 15 is 0 Å². The molecule has 3 nitrogen and oxygen atoms in total. The number of rotatable bonds is 7. The van der Waals surface area contributed by atoms with E-state index in [9.17, 15) is 4.79 Å². The lowest BCUT2D eigenvalue weighted by atomic mass is 10.1. The van der Waals surface area contributed by atoms with E-state index < -0.39 is 0 Å². The fraction of sp³-hybridized carbons (Fsp3) is 0.500. The zero-order chi connectivity index (χ0) is 15.5. The largest absolute Gasteiger partial charge is 0.395 e. The number of hydrogen-bond donors (Lipinski definition) is 1. The van der Waals surface area contributed by atoms with E-state index in [0.717, 1.165) is 30.4 Å². The predicted octanol–water partition coefficient (Wildman–Crippen LogP) is 2.96. The molecule has 0 radical (unpaired) electrons. The Morgan fingerprint density at radius 1 is 1.29 bits per heavy atom. The van der Waals surface area contributed by atoms with Gasteiger partial charge in [-0.25, -0.2) is 0 Å². The van der Waals surface area contributed by atoms with E-state index in [1.807, 2.05) is 31.3 Å². The molecule has 0 atom stereocenters. The van der Waals surface area contributed by atoms with E-state index in [1.165, 1.54) is 0 Å². The molecule has 0 bridgehead atoms. The lowest BCUT2D eigenvalue weighted by Gasteiger charge is -2.18. The summed E-state index contributed by atoms with van der Waals surface area (Å²) in [6, 6.07) is 7.85. The van der Waals surface area contributed by atoms with Crippen LogP contribution in [-0.4, -0.2) is 29.6 Å². The summed E-state index contributed by atoms with van der Waals surface area (Å²) in [5.74, 6) is 6.18. The summed E-state index contributed by atoms with van der Waals surface area (Å²) in [6.07, 6.45) is 4.27. The van der Waals surface area contributed by atoms with Crippen molar-refractivity contribution >= 4 is 5.91 Å². The first-order chi connectivity index (χ1) is 10.2. The molecule has 0 heterocycles. The second-order valence-electron chi connectivity index (χ2n) is 5.14. The quantitative estimate of drug-likeness (QED) is 0.619. The Morgan fingerprint density at radius 3 is 2.76 bits per heavy atom. The lowest BCUT2D eigenvalue weighted by molar-refractivity contribution is -0.130. The van der Waals surface area contributed by atoms with E-state index in [2.05, 4.69) is 18.8 Å². The van der Waals surface area contributed by atoms with E-state index in [1.54, 1.807) is 4.90 Å². The van der Waals surface area contributed by atoms with E-state index in [-0.39, 0.29) is 12.5 Å². The average molecular weight is 287 g/mol. The molecule has 0 aliphatic heterocycles. The van der Waals surface area contributed by atoms with Gasteiger partial charge in [0.2, 0.25) is 5.91 Å². The third-order valence-electron chi connectivity index (χ3n) is 3.30. The Kier molecular flexibility index (Phi) is 8.23. The fourth-order valence-corrected chi connectivity index (χ4v) is 2.05. The van der Waals surface area contributed by atoms with Gasteiger partial charge in [-0.1, -0.05) is 49.8 Å². The molecule has 0 unspecified atom stereocenters. The summed E-state index contributed by atoms with van der Waals surface area (Å²) in [4.78, 5) is 13.8. The smallest absolute Gasteiger partial charge is 0.222 e. The van der Waals surface area contributed by atoms with Crippen molar-refractivity contribution in [3.8, 4) is 11.8 Å². The highest BCUT2D eigenvalue weighted by Gasteiger charge is 2.10. The van der Waals surface area contributed by atoms with Gasteiger partial charge in [0.05, 0.1) is 6.61 Å². The van der Waals surface area contributed by atoms with Crippen LogP contribution in [0.1, 0.15) is 50.2 Å². The minimum atomic E-state index is 0.0744. The molecule has 1 amide bonds. The summed E-state index contributed by atoms with van der Waals surface area (Å²) in [5.41, 5.74) is 1.98. The number of unbranched alkanes of at least 4 members (excludes halogenated alkanes) is 2. The van der Waals surface area contributed by atoms with Gasteiger partial charge >= 0.3 is 0 Å². The molecule has 114 valence electrons. The molecule has 1 aromatic carbocycles. The number of carbonyl (C=O) groups excluding carboxylic acids is 1. The van der Waals surface area contributed by atoms with E-state index in [0.29, 0.717) is 19.4 Å². The Morgan fingerprint density at radius 2 is 2.05 bits per heavy atom. The normalized spacial score (nSPS) is 9.86. The van der Waals surface area contributed by atoms with Crippen LogP contribution in [0.4, 0.5) is 0 Å². The van der Waals surface area contributed by atoms with Gasteiger partial charge in [-0.05, 0) is 18.1 Å². The first kappa shape index (κ1) is 17.3. The van der Waals surface area contributed by atoms with Crippen molar-refractivity contribution in [2.75, 3.05) is 13.7 Å².